The van der Waals surface area contributed by atoms with Gasteiger partial charge in [-0.3, -0.25) is 0 Å². The molecule has 1 nitrogen and oxygen atoms in total. The average molecular weight is 262 g/mol. The molecule has 0 rings (SSSR count). The Hall–Kier alpha value is 0.250. The lowest BCUT2D eigenvalue weighted by molar-refractivity contribution is 0.171. The van der Waals surface area contributed by atoms with Gasteiger partial charge >= 0.3 is 0 Å². The second kappa shape index (κ2) is 11.3. The minimum atomic E-state index is 0.303. The van der Waals surface area contributed by atoms with Gasteiger partial charge in [-0.05, 0) is 45.7 Å². The molecule has 0 N–H and O–H groups in total. The molecule has 0 aliphatic rings. The van der Waals surface area contributed by atoms with E-state index < -0.39 is 0 Å². The van der Waals surface area contributed by atoms with Gasteiger partial charge in [0.15, 0.2) is 0 Å². The lowest BCUT2D eigenvalue weighted by Crippen LogP contribution is -2.38. The number of hydrogen-bond acceptors (Lipinski definition) is 1. The number of unbranched alkanes of at least 4 members (excludes halogenated alkanes) is 2. The van der Waals surface area contributed by atoms with Gasteiger partial charge in [0.2, 0.25) is 0 Å². The molecule has 2 atom stereocenters. The quantitative estimate of drug-likeness (QED) is 0.469. The predicted octanol–water partition coefficient (Wildman–Crippen LogP) is 5.07. The predicted molar refractivity (Wildman–Crippen MR) is 80.0 cm³/mol. The third-order valence-electron chi connectivity index (χ3n) is 3.33. The Morgan fingerprint density at radius 2 is 1.47 bits per heavy atom. The van der Waals surface area contributed by atoms with Crippen LogP contribution in [0.4, 0.5) is 0 Å². The maximum Gasteiger partial charge on any atom is 0.0322 e. The van der Waals surface area contributed by atoms with Crippen molar-refractivity contribution < 1.29 is 0 Å². The van der Waals surface area contributed by atoms with E-state index >= 15 is 0 Å². The highest BCUT2D eigenvalue weighted by molar-refractivity contribution is 6.20. The summed E-state index contributed by atoms with van der Waals surface area (Å²) in [6.45, 7) is 11.5. The molecule has 0 aromatic carbocycles. The smallest absolute Gasteiger partial charge is 0.0322 e. The number of alkyl halides is 1. The van der Waals surface area contributed by atoms with Crippen LogP contribution in [0.2, 0.25) is 0 Å². The molecular weight excluding hydrogens is 230 g/mol. The van der Waals surface area contributed by atoms with Crippen LogP contribution in [0.3, 0.4) is 0 Å². The van der Waals surface area contributed by atoms with Crippen LogP contribution >= 0.6 is 11.6 Å². The zero-order valence-electron chi connectivity index (χ0n) is 12.3. The highest BCUT2D eigenvalue weighted by Crippen LogP contribution is 2.17. The summed E-state index contributed by atoms with van der Waals surface area (Å²) in [7, 11) is 0. The molecule has 0 aliphatic heterocycles. The third kappa shape index (κ3) is 8.90. The summed E-state index contributed by atoms with van der Waals surface area (Å²) in [5.41, 5.74) is 0. The van der Waals surface area contributed by atoms with E-state index in [0.29, 0.717) is 11.4 Å². The molecular formula is C15H32ClN. The van der Waals surface area contributed by atoms with Crippen LogP contribution in [0, 0.1) is 0 Å². The molecule has 2 heteroatoms. The largest absolute Gasteiger partial charge is 0.300 e. The van der Waals surface area contributed by atoms with Crippen LogP contribution in [0.5, 0.6) is 0 Å². The van der Waals surface area contributed by atoms with Crippen LogP contribution < -0.4 is 0 Å². The van der Waals surface area contributed by atoms with Crippen LogP contribution in [0.15, 0.2) is 0 Å². The molecule has 0 saturated heterocycles. The van der Waals surface area contributed by atoms with Crippen LogP contribution in [0.25, 0.3) is 0 Å². The molecule has 2 unspecified atom stereocenters. The van der Waals surface area contributed by atoms with E-state index in [4.69, 9.17) is 11.6 Å². The van der Waals surface area contributed by atoms with E-state index in [2.05, 4.69) is 32.6 Å². The van der Waals surface area contributed by atoms with Gasteiger partial charge in [0.25, 0.3) is 0 Å². The first kappa shape index (κ1) is 17.2. The van der Waals surface area contributed by atoms with E-state index in [1.165, 1.54) is 51.6 Å². The molecule has 0 heterocycles. The van der Waals surface area contributed by atoms with Crippen molar-refractivity contribution in [2.75, 3.05) is 13.1 Å². The molecule has 0 aromatic rings. The van der Waals surface area contributed by atoms with E-state index in [1.807, 2.05) is 0 Å². The van der Waals surface area contributed by atoms with Crippen LogP contribution in [0.1, 0.15) is 72.6 Å². The fourth-order valence-electron chi connectivity index (χ4n) is 2.36. The van der Waals surface area contributed by atoms with Crippen molar-refractivity contribution in [3.8, 4) is 0 Å². The lowest BCUT2D eigenvalue weighted by atomic mass is 10.0. The van der Waals surface area contributed by atoms with Gasteiger partial charge in [-0.25, -0.2) is 0 Å². The number of nitrogens with zero attached hydrogens (tertiary/aromatic N) is 1. The fourth-order valence-corrected chi connectivity index (χ4v) is 2.56. The zero-order valence-corrected chi connectivity index (χ0v) is 13.1. The Morgan fingerprint density at radius 3 is 1.82 bits per heavy atom. The van der Waals surface area contributed by atoms with Crippen molar-refractivity contribution in [1.82, 2.24) is 4.90 Å². The summed E-state index contributed by atoms with van der Waals surface area (Å²) >= 11 is 6.19. The lowest BCUT2D eigenvalue weighted by Gasteiger charge is -2.32. The minimum Gasteiger partial charge on any atom is -0.300 e. The first-order valence-corrected chi connectivity index (χ1v) is 7.97. The zero-order chi connectivity index (χ0) is 13.1. The van der Waals surface area contributed by atoms with Crippen LogP contribution in [-0.2, 0) is 0 Å². The summed E-state index contributed by atoms with van der Waals surface area (Å²) in [5.74, 6) is 0. The van der Waals surface area contributed by atoms with E-state index in [9.17, 15) is 0 Å². The number of rotatable bonds is 11. The summed E-state index contributed by atoms with van der Waals surface area (Å²) < 4.78 is 0. The second-order valence-corrected chi connectivity index (χ2v) is 5.95. The summed E-state index contributed by atoms with van der Waals surface area (Å²) in [4.78, 5) is 2.69. The van der Waals surface area contributed by atoms with Crippen molar-refractivity contribution >= 4 is 11.6 Å². The fraction of sp³-hybridized carbons (Fsp3) is 1.00. The van der Waals surface area contributed by atoms with Crippen molar-refractivity contribution in [3.05, 3.63) is 0 Å². The Bertz CT molecular complexity index is 151. The molecule has 17 heavy (non-hydrogen) atoms. The molecule has 0 bridgehead atoms. The van der Waals surface area contributed by atoms with Gasteiger partial charge in [0.1, 0.15) is 0 Å². The highest BCUT2D eigenvalue weighted by Gasteiger charge is 2.18. The minimum absolute atomic E-state index is 0.303. The van der Waals surface area contributed by atoms with Crippen molar-refractivity contribution in [2.24, 2.45) is 0 Å². The summed E-state index contributed by atoms with van der Waals surface area (Å²) in [5, 5.41) is 0.303. The van der Waals surface area contributed by atoms with Gasteiger partial charge in [-0.2, -0.15) is 0 Å². The summed E-state index contributed by atoms with van der Waals surface area (Å²) in [6, 6.07) is 0.700. The molecule has 0 aliphatic carbocycles. The first-order valence-electron chi connectivity index (χ1n) is 7.53. The average Bonchev–Trinajstić information content (AvgIpc) is 2.28. The highest BCUT2D eigenvalue weighted by atomic mass is 35.5. The molecule has 0 saturated carbocycles. The third-order valence-corrected chi connectivity index (χ3v) is 3.51. The molecule has 0 aromatic heterocycles. The Balaban J connectivity index is 4.31. The molecule has 0 fully saturated rings. The van der Waals surface area contributed by atoms with Gasteiger partial charge in [0, 0.05) is 11.4 Å². The molecule has 0 amide bonds. The van der Waals surface area contributed by atoms with Gasteiger partial charge < -0.3 is 4.90 Å². The monoisotopic (exact) mass is 261 g/mol. The van der Waals surface area contributed by atoms with Crippen molar-refractivity contribution in [2.45, 2.75) is 84.1 Å². The summed E-state index contributed by atoms with van der Waals surface area (Å²) in [6.07, 6.45) is 8.92. The molecule has 0 radical (unpaired) electrons. The van der Waals surface area contributed by atoms with Crippen molar-refractivity contribution in [1.29, 1.82) is 0 Å². The van der Waals surface area contributed by atoms with Crippen molar-refractivity contribution in [3.63, 3.8) is 0 Å². The van der Waals surface area contributed by atoms with Gasteiger partial charge in [-0.1, -0.05) is 40.0 Å². The van der Waals surface area contributed by atoms with E-state index in [1.54, 1.807) is 0 Å². The van der Waals surface area contributed by atoms with Crippen LogP contribution in [-0.4, -0.2) is 29.4 Å². The van der Waals surface area contributed by atoms with E-state index in [0.717, 1.165) is 6.42 Å². The molecule has 104 valence electrons. The number of halogens is 1. The van der Waals surface area contributed by atoms with Gasteiger partial charge in [0.05, 0.1) is 0 Å². The molecule has 0 spiro atoms. The first-order chi connectivity index (χ1) is 8.15. The Morgan fingerprint density at radius 1 is 0.941 bits per heavy atom. The SMILES string of the molecule is CCCCN(CCCC)C(CCC)CC(C)Cl. The topological polar surface area (TPSA) is 3.24 Å². The standard InChI is InChI=1S/C15H32ClN/c1-5-8-11-17(12-9-6-2)15(10-7-3)13-14(4)16/h14-15H,5-13H2,1-4H3. The Labute approximate surface area is 114 Å². The Kier molecular flexibility index (Phi) is 11.5. The maximum atomic E-state index is 6.19. The second-order valence-electron chi connectivity index (χ2n) is 5.20. The normalized spacial score (nSPS) is 15.2. The maximum absolute atomic E-state index is 6.19. The number of hydrogen-bond donors (Lipinski definition) is 0. The van der Waals surface area contributed by atoms with Gasteiger partial charge in [-0.15, -0.1) is 11.6 Å². The van der Waals surface area contributed by atoms with E-state index in [-0.39, 0.29) is 0 Å².